The zero-order valence-electron chi connectivity index (χ0n) is 36.2. The van der Waals surface area contributed by atoms with Crippen LogP contribution in [0, 0.1) is 11.8 Å². The standard InChI is InChI=1S/C44H80NO13P/c1-3-5-7-8-9-10-11-12-13-14-15-16-17-18-23-27-42(49)55-32-36(33-56-59(53,54)57-34-39(45)44(51)52)58-43(50)28-24-20-19-22-26-37-38(41(48)31-40(37)47)30-29-35(46)25-21-6-4-2/h19,22,29-30,35-41,46-48H,3-18,20-21,23-28,31-34,45H2,1-2H3,(H,51,52)(H,53,54)/b22-19-,30-29+. The summed E-state index contributed by atoms with van der Waals surface area (Å²) in [5.41, 5.74) is 5.33. The van der Waals surface area contributed by atoms with Gasteiger partial charge in [0.15, 0.2) is 6.10 Å². The summed E-state index contributed by atoms with van der Waals surface area (Å²) < 4.78 is 32.7. The SMILES string of the molecule is CCCCCCCCCCCCCCCCCC(=O)OCC(COP(=O)(O)OCC(N)C(=O)O)OC(=O)CCC/C=C\CC1C(O)CC(O)C1/C=C/C(O)CCCCC. The van der Waals surface area contributed by atoms with Gasteiger partial charge in [-0.05, 0) is 38.0 Å². The molecule has 14 nitrogen and oxygen atoms in total. The average molecular weight is 862 g/mol. The van der Waals surface area contributed by atoms with Gasteiger partial charge in [0.2, 0.25) is 0 Å². The molecule has 0 aliphatic heterocycles. The van der Waals surface area contributed by atoms with Crippen molar-refractivity contribution in [1.29, 1.82) is 0 Å². The Hall–Kier alpha value is -2.16. The van der Waals surface area contributed by atoms with E-state index < -0.39 is 76.0 Å². The van der Waals surface area contributed by atoms with Crippen LogP contribution in [0.2, 0.25) is 0 Å². The molecule has 15 heteroatoms. The van der Waals surface area contributed by atoms with Gasteiger partial charge in [0, 0.05) is 25.2 Å². The summed E-state index contributed by atoms with van der Waals surface area (Å²) in [6.07, 6.45) is 27.7. The van der Waals surface area contributed by atoms with Gasteiger partial charge in [-0.1, -0.05) is 147 Å². The van der Waals surface area contributed by atoms with Crippen molar-refractivity contribution < 1.29 is 62.8 Å². The van der Waals surface area contributed by atoms with Gasteiger partial charge in [0.25, 0.3) is 0 Å². The minimum Gasteiger partial charge on any atom is -0.480 e. The molecule has 59 heavy (non-hydrogen) atoms. The molecule has 1 fully saturated rings. The molecule has 1 saturated carbocycles. The lowest BCUT2D eigenvalue weighted by atomic mass is 9.89. The maximum absolute atomic E-state index is 12.7. The Morgan fingerprint density at radius 3 is 1.86 bits per heavy atom. The van der Waals surface area contributed by atoms with E-state index in [0.29, 0.717) is 32.1 Å². The third-order valence-electron chi connectivity index (χ3n) is 10.8. The molecule has 7 N–H and O–H groups in total. The summed E-state index contributed by atoms with van der Waals surface area (Å²) in [4.78, 5) is 46.2. The van der Waals surface area contributed by atoms with Gasteiger partial charge in [0.05, 0.1) is 31.5 Å². The molecule has 8 unspecified atom stereocenters. The van der Waals surface area contributed by atoms with Crippen LogP contribution in [0.5, 0.6) is 0 Å². The number of esters is 2. The fourth-order valence-electron chi connectivity index (χ4n) is 7.12. The summed E-state index contributed by atoms with van der Waals surface area (Å²) in [7, 11) is -4.78. The van der Waals surface area contributed by atoms with Crippen molar-refractivity contribution in [3.05, 3.63) is 24.3 Å². The van der Waals surface area contributed by atoms with Crippen LogP contribution in [0.3, 0.4) is 0 Å². The van der Waals surface area contributed by atoms with E-state index in [1.807, 2.05) is 18.2 Å². The number of nitrogens with two attached hydrogens (primary N) is 1. The Bertz CT molecular complexity index is 1220. The second kappa shape index (κ2) is 34.4. The Morgan fingerprint density at radius 2 is 1.27 bits per heavy atom. The molecule has 344 valence electrons. The van der Waals surface area contributed by atoms with Crippen LogP contribution in [0.15, 0.2) is 24.3 Å². The molecule has 8 atom stereocenters. The minimum absolute atomic E-state index is 0.0132. The average Bonchev–Trinajstić information content (AvgIpc) is 3.47. The van der Waals surface area contributed by atoms with E-state index in [2.05, 4.69) is 18.4 Å². The molecule has 1 aliphatic rings. The van der Waals surface area contributed by atoms with Crippen LogP contribution in [0.25, 0.3) is 0 Å². The smallest absolute Gasteiger partial charge is 0.472 e. The molecule has 0 saturated heterocycles. The summed E-state index contributed by atoms with van der Waals surface area (Å²) >= 11 is 0. The van der Waals surface area contributed by atoms with Crippen LogP contribution >= 0.6 is 7.82 Å². The lowest BCUT2D eigenvalue weighted by Crippen LogP contribution is -2.34. The van der Waals surface area contributed by atoms with Crippen molar-refractivity contribution in [1.82, 2.24) is 0 Å². The van der Waals surface area contributed by atoms with E-state index in [9.17, 15) is 39.2 Å². The van der Waals surface area contributed by atoms with E-state index in [0.717, 1.165) is 38.5 Å². The van der Waals surface area contributed by atoms with Crippen LogP contribution in [0.4, 0.5) is 0 Å². The molecule has 1 aliphatic carbocycles. The van der Waals surface area contributed by atoms with Crippen molar-refractivity contribution in [2.45, 2.75) is 205 Å². The lowest BCUT2D eigenvalue weighted by Gasteiger charge is -2.20. The summed E-state index contributed by atoms with van der Waals surface area (Å²) in [5, 5.41) is 40.2. The molecule has 1 rings (SSSR count). The highest BCUT2D eigenvalue weighted by atomic mass is 31.2. The molecule has 0 heterocycles. The zero-order valence-corrected chi connectivity index (χ0v) is 37.1. The summed E-state index contributed by atoms with van der Waals surface area (Å²) in [6.45, 7) is 2.47. The highest BCUT2D eigenvalue weighted by molar-refractivity contribution is 7.47. The summed E-state index contributed by atoms with van der Waals surface area (Å²) in [6, 6.07) is -1.56. The van der Waals surface area contributed by atoms with E-state index in [1.54, 1.807) is 6.08 Å². The van der Waals surface area contributed by atoms with Crippen LogP contribution in [0.1, 0.15) is 174 Å². The van der Waals surface area contributed by atoms with Crippen LogP contribution in [-0.4, -0.2) is 93.5 Å². The number of carboxylic acids is 1. The van der Waals surface area contributed by atoms with Crippen molar-refractivity contribution >= 4 is 25.7 Å². The Balaban J connectivity index is 2.50. The zero-order chi connectivity index (χ0) is 43.7. The number of rotatable bonds is 38. The second-order valence-electron chi connectivity index (χ2n) is 16.2. The summed E-state index contributed by atoms with van der Waals surface area (Å²) in [5.74, 6) is -3.07. The first-order chi connectivity index (χ1) is 28.3. The number of phosphoric ester groups is 1. The Kier molecular flexibility index (Phi) is 32.0. The third-order valence-corrected chi connectivity index (χ3v) is 11.7. The van der Waals surface area contributed by atoms with E-state index >= 15 is 0 Å². The molecular formula is C44H80NO13P. The minimum atomic E-state index is -4.78. The van der Waals surface area contributed by atoms with E-state index in [1.165, 1.54) is 70.6 Å². The first kappa shape index (κ1) is 54.9. The number of hydrogen-bond donors (Lipinski definition) is 6. The number of carbonyl (C=O) groups excluding carboxylic acids is 2. The predicted molar refractivity (Wildman–Crippen MR) is 228 cm³/mol. The van der Waals surface area contributed by atoms with Gasteiger partial charge in [-0.2, -0.15) is 0 Å². The number of carboxylic acid groups (broad SMARTS) is 1. The van der Waals surface area contributed by atoms with Crippen molar-refractivity contribution in [3.8, 4) is 0 Å². The monoisotopic (exact) mass is 862 g/mol. The molecule has 0 amide bonds. The number of allylic oxidation sites excluding steroid dienone is 2. The number of phosphoric acid groups is 1. The molecule has 0 aromatic rings. The topological polar surface area (TPSA) is 232 Å². The number of carbonyl (C=O) groups is 3. The molecule has 0 aromatic carbocycles. The van der Waals surface area contributed by atoms with Crippen molar-refractivity contribution in [2.24, 2.45) is 17.6 Å². The first-order valence-corrected chi connectivity index (χ1v) is 24.1. The van der Waals surface area contributed by atoms with Gasteiger partial charge in [0.1, 0.15) is 12.6 Å². The number of aliphatic hydroxyl groups excluding tert-OH is 3. The highest BCUT2D eigenvalue weighted by Crippen LogP contribution is 2.43. The maximum atomic E-state index is 12.7. The van der Waals surface area contributed by atoms with E-state index in [4.69, 9.17) is 24.8 Å². The normalized spacial score (nSPS) is 20.8. The second-order valence-corrected chi connectivity index (χ2v) is 17.6. The molecule has 0 spiro atoms. The van der Waals surface area contributed by atoms with Gasteiger partial charge >= 0.3 is 25.7 Å². The molecule has 0 bridgehead atoms. The third kappa shape index (κ3) is 28.9. The molecular weight excluding hydrogens is 781 g/mol. The highest BCUT2D eigenvalue weighted by Gasteiger charge is 2.39. The molecule has 0 aromatic heterocycles. The fraction of sp³-hybridized carbons (Fsp3) is 0.841. The number of aliphatic carboxylic acids is 1. The molecule has 0 radical (unpaired) electrons. The number of hydrogen-bond acceptors (Lipinski definition) is 12. The lowest BCUT2D eigenvalue weighted by molar-refractivity contribution is -0.161. The quantitative estimate of drug-likeness (QED) is 0.0149. The number of unbranched alkanes of at least 4 members (excludes halogenated alkanes) is 17. The first-order valence-electron chi connectivity index (χ1n) is 22.6. The van der Waals surface area contributed by atoms with Gasteiger partial charge < -0.3 is 40.5 Å². The Morgan fingerprint density at radius 1 is 0.729 bits per heavy atom. The maximum Gasteiger partial charge on any atom is 0.472 e. The van der Waals surface area contributed by atoms with Crippen LogP contribution < -0.4 is 5.73 Å². The number of aliphatic hydroxyl groups is 3. The van der Waals surface area contributed by atoms with Crippen molar-refractivity contribution in [3.63, 3.8) is 0 Å². The van der Waals surface area contributed by atoms with Crippen LogP contribution in [-0.2, 0) is 37.5 Å². The van der Waals surface area contributed by atoms with E-state index in [-0.39, 0.29) is 31.1 Å². The Labute approximate surface area is 354 Å². The van der Waals surface area contributed by atoms with Gasteiger partial charge in [-0.15, -0.1) is 0 Å². The van der Waals surface area contributed by atoms with Crippen molar-refractivity contribution in [2.75, 3.05) is 19.8 Å². The number of ether oxygens (including phenoxy) is 2. The largest absolute Gasteiger partial charge is 0.480 e. The predicted octanol–water partition coefficient (Wildman–Crippen LogP) is 8.22. The fourth-order valence-corrected chi connectivity index (χ4v) is 7.90. The van der Waals surface area contributed by atoms with Gasteiger partial charge in [-0.3, -0.25) is 23.4 Å². The van der Waals surface area contributed by atoms with Gasteiger partial charge in [-0.25, -0.2) is 4.57 Å².